The van der Waals surface area contributed by atoms with E-state index in [1.54, 1.807) is 13.0 Å². The van der Waals surface area contributed by atoms with E-state index in [4.69, 9.17) is 0 Å². The molecule has 0 aliphatic carbocycles. The largest absolute Gasteiger partial charge is 0.465 e. The number of carbonyl (C=O) groups excluding carboxylic acids is 1. The summed E-state index contributed by atoms with van der Waals surface area (Å²) in [5.74, 6) is -0.552. The standard InChI is InChI=1S/C16H22FNO3/c1-11(19)13-4-3-7-18(9-13)10-14-8-12(16(20)21-2)5-6-15(14)17/h5-6,8,11,13,19H,3-4,7,9-10H2,1-2H3. The normalized spacial score (nSPS) is 21.0. The van der Waals surface area contributed by atoms with Crippen molar-refractivity contribution in [3.8, 4) is 0 Å². The van der Waals surface area contributed by atoms with Crippen LogP contribution in [-0.4, -0.2) is 42.3 Å². The van der Waals surface area contributed by atoms with Gasteiger partial charge in [-0.1, -0.05) is 0 Å². The topological polar surface area (TPSA) is 49.8 Å². The van der Waals surface area contributed by atoms with Crippen molar-refractivity contribution >= 4 is 5.97 Å². The molecule has 1 aromatic rings. The minimum absolute atomic E-state index is 0.227. The molecule has 1 N–H and O–H groups in total. The highest BCUT2D eigenvalue weighted by molar-refractivity contribution is 5.89. The maximum Gasteiger partial charge on any atom is 0.337 e. The first-order chi connectivity index (χ1) is 10.0. The van der Waals surface area contributed by atoms with Crippen LogP contribution in [0.4, 0.5) is 4.39 Å². The Morgan fingerprint density at radius 1 is 1.57 bits per heavy atom. The van der Waals surface area contributed by atoms with Crippen LogP contribution in [-0.2, 0) is 11.3 Å². The average Bonchev–Trinajstić information content (AvgIpc) is 2.49. The Kier molecular flexibility index (Phi) is 5.31. The third-order valence-corrected chi connectivity index (χ3v) is 4.08. The van der Waals surface area contributed by atoms with Crippen LogP contribution < -0.4 is 0 Å². The molecule has 0 radical (unpaired) electrons. The summed E-state index contributed by atoms with van der Waals surface area (Å²) in [6.07, 6.45) is 1.64. The number of nitrogens with zero attached hydrogens (tertiary/aromatic N) is 1. The monoisotopic (exact) mass is 295 g/mol. The summed E-state index contributed by atoms with van der Waals surface area (Å²) in [5, 5.41) is 9.70. The molecular weight excluding hydrogens is 273 g/mol. The lowest BCUT2D eigenvalue weighted by molar-refractivity contribution is 0.0591. The third-order valence-electron chi connectivity index (χ3n) is 4.08. The molecule has 1 fully saturated rings. The first kappa shape index (κ1) is 15.9. The third kappa shape index (κ3) is 4.02. The summed E-state index contributed by atoms with van der Waals surface area (Å²) in [6.45, 7) is 3.87. The highest BCUT2D eigenvalue weighted by Crippen LogP contribution is 2.22. The maximum absolute atomic E-state index is 13.9. The summed E-state index contributed by atoms with van der Waals surface area (Å²) in [5.41, 5.74) is 0.849. The van der Waals surface area contributed by atoms with E-state index < -0.39 is 5.97 Å². The van der Waals surface area contributed by atoms with Crippen molar-refractivity contribution in [1.82, 2.24) is 4.90 Å². The fourth-order valence-electron chi connectivity index (χ4n) is 2.81. The number of halogens is 1. The zero-order valence-corrected chi connectivity index (χ0v) is 12.5. The van der Waals surface area contributed by atoms with Gasteiger partial charge in [-0.05, 0) is 50.4 Å². The first-order valence-corrected chi connectivity index (χ1v) is 7.28. The molecule has 116 valence electrons. The summed E-state index contributed by atoms with van der Waals surface area (Å²) >= 11 is 0. The number of ether oxygens (including phenoxy) is 1. The van der Waals surface area contributed by atoms with Gasteiger partial charge in [0.25, 0.3) is 0 Å². The average molecular weight is 295 g/mol. The smallest absolute Gasteiger partial charge is 0.337 e. The van der Waals surface area contributed by atoms with Gasteiger partial charge in [0.15, 0.2) is 0 Å². The number of piperidine rings is 1. The van der Waals surface area contributed by atoms with Crippen molar-refractivity contribution in [2.24, 2.45) is 5.92 Å². The fourth-order valence-corrected chi connectivity index (χ4v) is 2.81. The van der Waals surface area contributed by atoms with E-state index in [0.717, 1.165) is 25.9 Å². The van der Waals surface area contributed by atoms with Gasteiger partial charge >= 0.3 is 5.97 Å². The molecule has 0 aromatic heterocycles. The van der Waals surface area contributed by atoms with Gasteiger partial charge in [-0.3, -0.25) is 4.90 Å². The summed E-state index contributed by atoms with van der Waals surface area (Å²) in [6, 6.07) is 4.28. The van der Waals surface area contributed by atoms with Crippen LogP contribution in [0.2, 0.25) is 0 Å². The van der Waals surface area contributed by atoms with Crippen LogP contribution in [0, 0.1) is 11.7 Å². The number of aliphatic hydroxyl groups excluding tert-OH is 1. The zero-order valence-electron chi connectivity index (χ0n) is 12.5. The number of hydrogen-bond donors (Lipinski definition) is 1. The molecule has 21 heavy (non-hydrogen) atoms. The van der Waals surface area contributed by atoms with Gasteiger partial charge in [0, 0.05) is 18.7 Å². The van der Waals surface area contributed by atoms with E-state index in [1.807, 2.05) is 0 Å². The van der Waals surface area contributed by atoms with E-state index in [-0.39, 0.29) is 17.8 Å². The van der Waals surface area contributed by atoms with Crippen molar-refractivity contribution in [1.29, 1.82) is 0 Å². The van der Waals surface area contributed by atoms with Gasteiger partial charge in [-0.2, -0.15) is 0 Å². The molecule has 0 spiro atoms. The number of aliphatic hydroxyl groups is 1. The van der Waals surface area contributed by atoms with E-state index in [2.05, 4.69) is 9.64 Å². The predicted molar refractivity (Wildman–Crippen MR) is 77.4 cm³/mol. The van der Waals surface area contributed by atoms with Gasteiger partial charge < -0.3 is 9.84 Å². The lowest BCUT2D eigenvalue weighted by atomic mass is 9.93. The second kappa shape index (κ2) is 7.00. The quantitative estimate of drug-likeness (QED) is 0.865. The van der Waals surface area contributed by atoms with Crippen molar-refractivity contribution in [3.05, 3.63) is 35.1 Å². The molecule has 1 aliphatic rings. The van der Waals surface area contributed by atoms with Gasteiger partial charge in [-0.15, -0.1) is 0 Å². The Labute approximate surface area is 124 Å². The van der Waals surface area contributed by atoms with E-state index >= 15 is 0 Å². The zero-order chi connectivity index (χ0) is 15.4. The molecule has 0 bridgehead atoms. The van der Waals surface area contributed by atoms with E-state index in [9.17, 15) is 14.3 Å². The molecule has 0 saturated carbocycles. The molecular formula is C16H22FNO3. The van der Waals surface area contributed by atoms with E-state index in [1.165, 1.54) is 19.2 Å². The summed E-state index contributed by atoms with van der Waals surface area (Å²) in [4.78, 5) is 13.6. The number of carbonyl (C=O) groups is 1. The summed E-state index contributed by atoms with van der Waals surface area (Å²) < 4.78 is 18.6. The SMILES string of the molecule is COC(=O)c1ccc(F)c(CN2CCCC(C(C)O)C2)c1. The second-order valence-electron chi connectivity index (χ2n) is 5.68. The fraction of sp³-hybridized carbons (Fsp3) is 0.562. The molecule has 5 heteroatoms. The van der Waals surface area contributed by atoms with E-state index in [0.29, 0.717) is 17.7 Å². The van der Waals surface area contributed by atoms with Crippen LogP contribution in [0.1, 0.15) is 35.7 Å². The predicted octanol–water partition coefficient (Wildman–Crippen LogP) is 2.21. The highest BCUT2D eigenvalue weighted by Gasteiger charge is 2.24. The van der Waals surface area contributed by atoms with Gasteiger partial charge in [-0.25, -0.2) is 9.18 Å². The van der Waals surface area contributed by atoms with Gasteiger partial charge in [0.2, 0.25) is 0 Å². The number of hydrogen-bond acceptors (Lipinski definition) is 4. The van der Waals surface area contributed by atoms with Crippen molar-refractivity contribution in [2.45, 2.75) is 32.4 Å². The molecule has 1 saturated heterocycles. The Bertz CT molecular complexity index is 504. The number of methoxy groups -OCH3 is 1. The van der Waals surface area contributed by atoms with Gasteiger partial charge in [0.05, 0.1) is 18.8 Å². The lowest BCUT2D eigenvalue weighted by Crippen LogP contribution is -2.39. The Balaban J connectivity index is 2.09. The molecule has 1 aliphatic heterocycles. The Hall–Kier alpha value is -1.46. The molecule has 2 unspecified atom stereocenters. The van der Waals surface area contributed by atoms with Crippen LogP contribution in [0.5, 0.6) is 0 Å². The highest BCUT2D eigenvalue weighted by atomic mass is 19.1. The van der Waals surface area contributed by atoms with Crippen molar-refractivity contribution in [2.75, 3.05) is 20.2 Å². The molecule has 2 rings (SSSR count). The van der Waals surface area contributed by atoms with Crippen LogP contribution in [0.3, 0.4) is 0 Å². The number of benzene rings is 1. The Morgan fingerprint density at radius 3 is 3.00 bits per heavy atom. The minimum atomic E-state index is -0.461. The molecule has 1 aromatic carbocycles. The number of rotatable bonds is 4. The van der Waals surface area contributed by atoms with Gasteiger partial charge in [0.1, 0.15) is 5.82 Å². The second-order valence-corrected chi connectivity index (χ2v) is 5.68. The van der Waals surface area contributed by atoms with Crippen LogP contribution in [0.25, 0.3) is 0 Å². The number of likely N-dealkylation sites (tertiary alicyclic amines) is 1. The molecule has 2 atom stereocenters. The number of esters is 1. The van der Waals surface area contributed by atoms with Crippen molar-refractivity contribution in [3.63, 3.8) is 0 Å². The minimum Gasteiger partial charge on any atom is -0.465 e. The van der Waals surface area contributed by atoms with Crippen molar-refractivity contribution < 1.29 is 19.0 Å². The summed E-state index contributed by atoms with van der Waals surface area (Å²) in [7, 11) is 1.31. The maximum atomic E-state index is 13.9. The van der Waals surface area contributed by atoms with Crippen LogP contribution in [0.15, 0.2) is 18.2 Å². The first-order valence-electron chi connectivity index (χ1n) is 7.28. The Morgan fingerprint density at radius 2 is 2.33 bits per heavy atom. The molecule has 0 amide bonds. The molecule has 1 heterocycles. The lowest BCUT2D eigenvalue weighted by Gasteiger charge is -2.34. The van der Waals surface area contributed by atoms with Crippen LogP contribution >= 0.6 is 0 Å². The molecule has 4 nitrogen and oxygen atoms in total.